The van der Waals surface area contributed by atoms with E-state index in [-0.39, 0.29) is 25.7 Å². The summed E-state index contributed by atoms with van der Waals surface area (Å²) in [6.45, 7) is 9.52. The van der Waals surface area contributed by atoms with Crippen LogP contribution in [0.25, 0.3) is 0 Å². The van der Waals surface area contributed by atoms with Crippen LogP contribution in [-0.4, -0.2) is 96.7 Å². The predicted molar refractivity (Wildman–Crippen MR) is 363 cm³/mol. The molecule has 0 radical (unpaired) electrons. The Hall–Kier alpha value is -1.94. The van der Waals surface area contributed by atoms with Gasteiger partial charge in [0, 0.05) is 25.7 Å². The zero-order valence-corrected chi connectivity index (χ0v) is 60.2. The molecule has 0 aliphatic carbocycles. The number of carbonyl (C=O) groups excluding carboxylic acids is 4. The Morgan fingerprint density at radius 2 is 0.511 bits per heavy atom. The van der Waals surface area contributed by atoms with Gasteiger partial charge in [-0.25, -0.2) is 9.13 Å². The summed E-state index contributed by atoms with van der Waals surface area (Å²) in [5.74, 6) is -0.598. The van der Waals surface area contributed by atoms with E-state index in [1.165, 1.54) is 173 Å². The van der Waals surface area contributed by atoms with Crippen LogP contribution >= 0.6 is 15.6 Å². The van der Waals surface area contributed by atoms with E-state index in [1.54, 1.807) is 0 Å². The van der Waals surface area contributed by atoms with Crippen LogP contribution in [0.5, 0.6) is 0 Å². The maximum Gasteiger partial charge on any atom is 0.472 e. The van der Waals surface area contributed by atoms with Crippen molar-refractivity contribution >= 4 is 39.5 Å². The highest BCUT2D eigenvalue weighted by atomic mass is 31.2. The fourth-order valence-electron chi connectivity index (χ4n) is 10.8. The zero-order chi connectivity index (χ0) is 66.5. The lowest BCUT2D eigenvalue weighted by Gasteiger charge is -2.21. The van der Waals surface area contributed by atoms with Crippen molar-refractivity contribution in [1.82, 2.24) is 0 Å². The van der Waals surface area contributed by atoms with Gasteiger partial charge in [0.1, 0.15) is 19.3 Å². The molecule has 2 unspecified atom stereocenters. The molecule has 19 heteroatoms. The molecule has 0 saturated carbocycles. The molecule has 0 aromatic heterocycles. The van der Waals surface area contributed by atoms with Gasteiger partial charge in [0.15, 0.2) is 12.2 Å². The van der Waals surface area contributed by atoms with Gasteiger partial charge in [0.2, 0.25) is 0 Å². The lowest BCUT2D eigenvalue weighted by Crippen LogP contribution is -2.30. The first-order valence-corrected chi connectivity index (χ1v) is 40.0. The molecule has 0 aromatic carbocycles. The molecular weight excluding hydrogens is 1190 g/mol. The summed E-state index contributed by atoms with van der Waals surface area (Å²) in [6.07, 6.45) is 48.7. The molecule has 5 atom stereocenters. The SMILES string of the molecule is CCCCCCCCCCCCCCC(=O)OC[C@H](COP(=O)(O)OC[C@@H](O)COP(=O)(O)OC[C@@H](COC(=O)CCCCCCCCCC)OC(=O)CCCCCCCCCCC(C)C)OC(=O)CCCCCCCCCCCCCCCCCCC(C)C. The normalized spacial score (nSPS) is 14.1. The molecule has 0 amide bonds. The summed E-state index contributed by atoms with van der Waals surface area (Å²) >= 11 is 0. The topological polar surface area (TPSA) is 237 Å². The third-order valence-corrected chi connectivity index (χ3v) is 18.4. The molecule has 17 nitrogen and oxygen atoms in total. The molecule has 0 rings (SSSR count). The Morgan fingerprint density at radius 3 is 0.756 bits per heavy atom. The number of unbranched alkanes of at least 4 members (excludes halogenated alkanes) is 40. The van der Waals surface area contributed by atoms with Crippen LogP contribution in [0.3, 0.4) is 0 Å². The second-order valence-electron chi connectivity index (χ2n) is 26.6. The van der Waals surface area contributed by atoms with E-state index in [9.17, 15) is 43.2 Å². The van der Waals surface area contributed by atoms with Crippen molar-refractivity contribution in [2.24, 2.45) is 11.8 Å². The third kappa shape index (κ3) is 64.8. The number of phosphoric ester groups is 2. The average Bonchev–Trinajstić information content (AvgIpc) is 3.64. The van der Waals surface area contributed by atoms with E-state index < -0.39 is 97.5 Å². The number of aliphatic hydroxyl groups is 1. The zero-order valence-electron chi connectivity index (χ0n) is 58.4. The molecule has 3 N–H and O–H groups in total. The van der Waals surface area contributed by atoms with Crippen molar-refractivity contribution in [2.45, 2.75) is 381 Å². The van der Waals surface area contributed by atoms with E-state index in [0.29, 0.717) is 25.7 Å². The fourth-order valence-corrected chi connectivity index (χ4v) is 12.3. The average molecular weight is 1330 g/mol. The van der Waals surface area contributed by atoms with Crippen LogP contribution in [0.4, 0.5) is 0 Å². The number of hydrogen-bond acceptors (Lipinski definition) is 15. The highest BCUT2D eigenvalue weighted by Crippen LogP contribution is 2.45. The lowest BCUT2D eigenvalue weighted by molar-refractivity contribution is -0.161. The highest BCUT2D eigenvalue weighted by Gasteiger charge is 2.30. The van der Waals surface area contributed by atoms with E-state index in [4.69, 9.17) is 37.0 Å². The van der Waals surface area contributed by atoms with Crippen molar-refractivity contribution in [3.63, 3.8) is 0 Å². The van der Waals surface area contributed by atoms with Crippen molar-refractivity contribution in [3.05, 3.63) is 0 Å². The molecular formula is C71H138O17P2. The number of carbonyl (C=O) groups is 4. The summed E-state index contributed by atoms with van der Waals surface area (Å²) in [5, 5.41) is 10.6. The number of phosphoric acid groups is 2. The fraction of sp³-hybridized carbons (Fsp3) is 0.944. The summed E-state index contributed by atoms with van der Waals surface area (Å²) in [5.41, 5.74) is 0. The Morgan fingerprint density at radius 1 is 0.300 bits per heavy atom. The lowest BCUT2D eigenvalue weighted by atomic mass is 10.0. The standard InChI is InChI=1S/C71H138O17P2/c1-7-9-11-13-15-17-18-26-29-36-42-48-54-69(74)82-60-67(87-70(75)55-49-43-37-30-27-24-22-20-19-21-23-25-28-33-39-45-51-63(3)4)62-86-90(79,80)84-58-65(72)57-83-89(77,78)85-61-66(59-81-68(73)53-47-41-35-16-14-12-10-8-2)88-71(76)56-50-44-38-32-31-34-40-46-52-64(5)6/h63-67,72H,7-62H2,1-6H3,(H,77,78)(H,79,80)/t65-,66+,67+/m0/s1. The molecule has 0 fully saturated rings. The van der Waals surface area contributed by atoms with Crippen LogP contribution in [0, 0.1) is 11.8 Å². The maximum absolute atomic E-state index is 13.0. The first kappa shape index (κ1) is 88.1. The van der Waals surface area contributed by atoms with Gasteiger partial charge >= 0.3 is 39.5 Å². The largest absolute Gasteiger partial charge is 0.472 e. The summed E-state index contributed by atoms with van der Waals surface area (Å²) < 4.78 is 68.2. The van der Waals surface area contributed by atoms with E-state index >= 15 is 0 Å². The van der Waals surface area contributed by atoms with Gasteiger partial charge < -0.3 is 33.8 Å². The molecule has 0 aliphatic rings. The first-order valence-electron chi connectivity index (χ1n) is 37.0. The van der Waals surface area contributed by atoms with Gasteiger partial charge in [-0.15, -0.1) is 0 Å². The Labute approximate surface area is 549 Å². The van der Waals surface area contributed by atoms with Gasteiger partial charge in [0.25, 0.3) is 0 Å². The van der Waals surface area contributed by atoms with Crippen LogP contribution in [-0.2, 0) is 65.4 Å². The molecule has 534 valence electrons. The quantitative estimate of drug-likeness (QED) is 0.0222. The van der Waals surface area contributed by atoms with Crippen LogP contribution < -0.4 is 0 Å². The van der Waals surface area contributed by atoms with Gasteiger partial charge in [0.05, 0.1) is 26.4 Å². The molecule has 0 saturated heterocycles. The monoisotopic (exact) mass is 1320 g/mol. The van der Waals surface area contributed by atoms with E-state index in [0.717, 1.165) is 108 Å². The second-order valence-corrected chi connectivity index (χ2v) is 29.5. The number of hydrogen-bond donors (Lipinski definition) is 3. The maximum atomic E-state index is 13.0. The third-order valence-electron chi connectivity index (χ3n) is 16.5. The van der Waals surface area contributed by atoms with Crippen molar-refractivity contribution in [2.75, 3.05) is 39.6 Å². The molecule has 0 bridgehead atoms. The summed E-state index contributed by atoms with van der Waals surface area (Å²) in [7, 11) is -9.90. The molecule has 0 aromatic rings. The number of rotatable bonds is 70. The minimum atomic E-state index is -4.95. The number of esters is 4. The minimum absolute atomic E-state index is 0.104. The molecule has 0 aliphatic heterocycles. The van der Waals surface area contributed by atoms with Crippen LogP contribution in [0.2, 0.25) is 0 Å². The van der Waals surface area contributed by atoms with Crippen molar-refractivity contribution < 1.29 is 80.2 Å². The number of aliphatic hydroxyl groups excluding tert-OH is 1. The summed E-state index contributed by atoms with van der Waals surface area (Å²) in [4.78, 5) is 72.5. The van der Waals surface area contributed by atoms with Crippen molar-refractivity contribution in [1.29, 1.82) is 0 Å². The molecule has 0 heterocycles. The Bertz CT molecular complexity index is 1750. The minimum Gasteiger partial charge on any atom is -0.462 e. The van der Waals surface area contributed by atoms with Crippen LogP contribution in [0.15, 0.2) is 0 Å². The van der Waals surface area contributed by atoms with E-state index in [2.05, 4.69) is 41.5 Å². The van der Waals surface area contributed by atoms with Gasteiger partial charge in [-0.3, -0.25) is 37.3 Å². The molecule has 90 heavy (non-hydrogen) atoms. The van der Waals surface area contributed by atoms with Gasteiger partial charge in [-0.05, 0) is 37.5 Å². The smallest absolute Gasteiger partial charge is 0.462 e. The van der Waals surface area contributed by atoms with Gasteiger partial charge in [-0.2, -0.15) is 0 Å². The van der Waals surface area contributed by atoms with Crippen molar-refractivity contribution in [3.8, 4) is 0 Å². The predicted octanol–water partition coefficient (Wildman–Crippen LogP) is 20.4. The van der Waals surface area contributed by atoms with Crippen LogP contribution in [0.1, 0.15) is 363 Å². The second kappa shape index (κ2) is 63.1. The highest BCUT2D eigenvalue weighted by molar-refractivity contribution is 7.47. The Balaban J connectivity index is 5.19. The summed E-state index contributed by atoms with van der Waals surface area (Å²) in [6, 6.07) is 0. The van der Waals surface area contributed by atoms with E-state index in [1.807, 2.05) is 0 Å². The number of ether oxygens (including phenoxy) is 4. The van der Waals surface area contributed by atoms with Gasteiger partial charge in [-0.1, -0.05) is 311 Å². The first-order chi connectivity index (χ1) is 43.4. The molecule has 0 spiro atoms. The Kier molecular flexibility index (Phi) is 61.8.